The van der Waals surface area contributed by atoms with Gasteiger partial charge >= 0.3 is 0 Å². The molecule has 0 saturated carbocycles. The first-order valence-electron chi connectivity index (χ1n) is 10.4. The highest BCUT2D eigenvalue weighted by Crippen LogP contribution is 2.31. The first-order valence-corrected chi connectivity index (χ1v) is 10.8. The smallest absolute Gasteiger partial charge is 0.263 e. The Morgan fingerprint density at radius 2 is 1.94 bits per heavy atom. The van der Waals surface area contributed by atoms with Crippen molar-refractivity contribution < 1.29 is 9.53 Å². The summed E-state index contributed by atoms with van der Waals surface area (Å²) in [6.45, 7) is 3.82. The van der Waals surface area contributed by atoms with Crippen molar-refractivity contribution in [3.63, 3.8) is 0 Å². The number of aryl methyl sites for hydroxylation is 1. The molecule has 0 radical (unpaired) electrons. The number of nitrogens with zero attached hydrogens (tertiary/aromatic N) is 3. The molecular weight excluding hydrogens is 412 g/mol. The predicted molar refractivity (Wildman–Crippen MR) is 122 cm³/mol. The van der Waals surface area contributed by atoms with Crippen LogP contribution in [0, 0.1) is 12.8 Å². The Morgan fingerprint density at radius 3 is 2.74 bits per heavy atom. The highest BCUT2D eigenvalue weighted by atomic mass is 35.5. The molecule has 1 amide bonds. The number of aromatic nitrogens is 2. The van der Waals surface area contributed by atoms with Gasteiger partial charge in [0.15, 0.2) is 5.82 Å². The number of hydrogen-bond acceptors (Lipinski definition) is 5. The van der Waals surface area contributed by atoms with Crippen LogP contribution in [-0.2, 0) is 11.3 Å². The van der Waals surface area contributed by atoms with Gasteiger partial charge in [0.2, 0.25) is 5.91 Å². The summed E-state index contributed by atoms with van der Waals surface area (Å²) in [5, 5.41) is 3.68. The third kappa shape index (κ3) is 5.33. The topological polar surface area (TPSA) is 67.4 Å². The summed E-state index contributed by atoms with van der Waals surface area (Å²) in [5.41, 5.74) is 2.07. The maximum absolute atomic E-state index is 12.8. The van der Waals surface area contributed by atoms with Crippen LogP contribution in [0.25, 0.3) is 0 Å². The van der Waals surface area contributed by atoms with E-state index in [1.54, 1.807) is 12.4 Å². The van der Waals surface area contributed by atoms with Crippen molar-refractivity contribution in [2.45, 2.75) is 26.3 Å². The highest BCUT2D eigenvalue weighted by Gasteiger charge is 2.28. The molecule has 1 N–H and O–H groups in total. The second-order valence-corrected chi connectivity index (χ2v) is 8.10. The average Bonchev–Trinajstić information content (AvgIpc) is 2.80. The van der Waals surface area contributed by atoms with Gasteiger partial charge in [-0.2, -0.15) is 0 Å². The van der Waals surface area contributed by atoms with Crippen LogP contribution in [0.2, 0.25) is 5.02 Å². The number of halogens is 1. The number of rotatable bonds is 6. The molecule has 1 aromatic heterocycles. The summed E-state index contributed by atoms with van der Waals surface area (Å²) in [7, 11) is 0. The van der Waals surface area contributed by atoms with Crippen molar-refractivity contribution in [1.82, 2.24) is 15.3 Å². The Kier molecular flexibility index (Phi) is 6.67. The van der Waals surface area contributed by atoms with Gasteiger partial charge in [0.05, 0.1) is 5.92 Å². The van der Waals surface area contributed by atoms with Crippen LogP contribution in [0.15, 0.2) is 60.9 Å². The number of carbonyl (C=O) groups excluding carboxylic acids is 1. The molecule has 1 fully saturated rings. The van der Waals surface area contributed by atoms with Crippen LogP contribution in [0.1, 0.15) is 24.0 Å². The summed E-state index contributed by atoms with van der Waals surface area (Å²) in [6, 6.07) is 15.4. The highest BCUT2D eigenvalue weighted by molar-refractivity contribution is 6.31. The summed E-state index contributed by atoms with van der Waals surface area (Å²) in [4.78, 5) is 23.8. The lowest BCUT2D eigenvalue weighted by Gasteiger charge is -2.33. The SMILES string of the molecule is Cc1ccc(Oc2nccnc2N2CCCC(C(=O)NCc3ccccc3Cl)C2)cc1. The van der Waals surface area contributed by atoms with E-state index in [-0.39, 0.29) is 11.8 Å². The standard InChI is InChI=1S/C24H25ClN4O2/c1-17-8-10-20(11-9-17)31-24-22(26-12-13-27-24)29-14-4-6-19(16-29)23(30)28-15-18-5-2-3-7-21(18)25/h2-3,5,7-13,19H,4,6,14-16H2,1H3,(H,28,30). The quantitative estimate of drug-likeness (QED) is 0.603. The lowest BCUT2D eigenvalue weighted by atomic mass is 9.97. The van der Waals surface area contributed by atoms with Crippen LogP contribution in [0.3, 0.4) is 0 Å². The van der Waals surface area contributed by atoms with Gasteiger partial charge in [-0.05, 0) is 43.5 Å². The Labute approximate surface area is 187 Å². The molecular formula is C24H25ClN4O2. The number of carbonyl (C=O) groups is 1. The Hall–Kier alpha value is -3.12. The van der Waals surface area contributed by atoms with Crippen LogP contribution in [0.5, 0.6) is 11.6 Å². The van der Waals surface area contributed by atoms with Crippen LogP contribution >= 0.6 is 11.6 Å². The molecule has 1 aliphatic heterocycles. The molecule has 1 saturated heterocycles. The number of anilines is 1. The predicted octanol–water partition coefficient (Wildman–Crippen LogP) is 4.76. The third-order valence-electron chi connectivity index (χ3n) is 5.38. The molecule has 1 unspecified atom stereocenters. The van der Waals surface area contributed by atoms with E-state index in [9.17, 15) is 4.79 Å². The number of nitrogens with one attached hydrogen (secondary N) is 1. The van der Waals surface area contributed by atoms with Crippen molar-refractivity contribution in [1.29, 1.82) is 0 Å². The van der Waals surface area contributed by atoms with E-state index in [1.807, 2.05) is 55.5 Å². The molecule has 0 aliphatic carbocycles. The van der Waals surface area contributed by atoms with Crippen LogP contribution in [0.4, 0.5) is 5.82 Å². The normalized spacial score (nSPS) is 16.1. The Bertz CT molecular complexity index is 1040. The summed E-state index contributed by atoms with van der Waals surface area (Å²) in [5.74, 6) is 1.70. The van der Waals surface area contributed by atoms with Gasteiger partial charge in [-0.1, -0.05) is 47.5 Å². The van der Waals surface area contributed by atoms with Crippen molar-refractivity contribution in [3.05, 3.63) is 77.1 Å². The van der Waals surface area contributed by atoms with E-state index < -0.39 is 0 Å². The van der Waals surface area contributed by atoms with Crippen molar-refractivity contribution in [2.24, 2.45) is 5.92 Å². The molecule has 6 nitrogen and oxygen atoms in total. The fourth-order valence-corrected chi connectivity index (χ4v) is 3.88. The first-order chi connectivity index (χ1) is 15.1. The molecule has 160 valence electrons. The zero-order valence-corrected chi connectivity index (χ0v) is 18.2. The number of amides is 1. The van der Waals surface area contributed by atoms with E-state index >= 15 is 0 Å². The first kappa shape index (κ1) is 21.1. The average molecular weight is 437 g/mol. The molecule has 4 rings (SSSR count). The number of benzene rings is 2. The summed E-state index contributed by atoms with van der Waals surface area (Å²) < 4.78 is 6.00. The zero-order valence-electron chi connectivity index (χ0n) is 17.4. The van der Waals surface area contributed by atoms with Gasteiger partial charge in [-0.25, -0.2) is 9.97 Å². The third-order valence-corrected chi connectivity index (χ3v) is 5.75. The molecule has 7 heteroatoms. The minimum absolute atomic E-state index is 0.0227. The van der Waals surface area contributed by atoms with E-state index in [4.69, 9.17) is 16.3 Å². The van der Waals surface area contributed by atoms with E-state index in [1.165, 1.54) is 0 Å². The summed E-state index contributed by atoms with van der Waals surface area (Å²) >= 11 is 6.20. The minimum atomic E-state index is -0.134. The van der Waals surface area contributed by atoms with Gasteiger partial charge in [0.25, 0.3) is 5.88 Å². The molecule has 1 atom stereocenters. The van der Waals surface area contributed by atoms with E-state index in [0.717, 1.165) is 30.5 Å². The summed E-state index contributed by atoms with van der Waals surface area (Å²) in [6.07, 6.45) is 4.99. The Balaban J connectivity index is 1.43. The molecule has 31 heavy (non-hydrogen) atoms. The van der Waals surface area contributed by atoms with Gasteiger partial charge in [0.1, 0.15) is 5.75 Å². The zero-order chi connectivity index (χ0) is 21.6. The molecule has 0 spiro atoms. The maximum atomic E-state index is 12.8. The Morgan fingerprint density at radius 1 is 1.16 bits per heavy atom. The van der Waals surface area contributed by atoms with Gasteiger partial charge < -0.3 is 15.0 Å². The molecule has 2 heterocycles. The second-order valence-electron chi connectivity index (χ2n) is 7.69. The van der Waals surface area contributed by atoms with Crippen LogP contribution < -0.4 is 15.0 Å². The number of hydrogen-bond donors (Lipinski definition) is 1. The van der Waals surface area contributed by atoms with Crippen molar-refractivity contribution >= 4 is 23.3 Å². The maximum Gasteiger partial charge on any atom is 0.263 e. The fourth-order valence-electron chi connectivity index (χ4n) is 3.68. The molecule has 0 bridgehead atoms. The molecule has 2 aromatic carbocycles. The number of piperidine rings is 1. The largest absolute Gasteiger partial charge is 0.436 e. The van der Waals surface area contributed by atoms with Gasteiger partial charge in [-0.3, -0.25) is 4.79 Å². The molecule has 3 aromatic rings. The fraction of sp³-hybridized carbons (Fsp3) is 0.292. The van der Waals surface area contributed by atoms with E-state index in [2.05, 4.69) is 20.2 Å². The van der Waals surface area contributed by atoms with Gasteiger partial charge in [0, 0.05) is 37.1 Å². The van der Waals surface area contributed by atoms with Crippen LogP contribution in [-0.4, -0.2) is 29.0 Å². The van der Waals surface area contributed by atoms with Crippen molar-refractivity contribution in [3.8, 4) is 11.6 Å². The van der Waals surface area contributed by atoms with Gasteiger partial charge in [-0.15, -0.1) is 0 Å². The monoisotopic (exact) mass is 436 g/mol. The van der Waals surface area contributed by atoms with E-state index in [0.29, 0.717) is 35.6 Å². The lowest BCUT2D eigenvalue weighted by molar-refractivity contribution is -0.125. The minimum Gasteiger partial charge on any atom is -0.436 e. The second kappa shape index (κ2) is 9.79. The molecule has 1 aliphatic rings. The van der Waals surface area contributed by atoms with Crippen molar-refractivity contribution in [2.75, 3.05) is 18.0 Å². The lowest BCUT2D eigenvalue weighted by Crippen LogP contribution is -2.43. The number of ether oxygens (including phenoxy) is 1.